The maximum Gasteiger partial charge on any atom is 0.407 e. The van der Waals surface area contributed by atoms with E-state index in [-0.39, 0.29) is 29.9 Å². The van der Waals surface area contributed by atoms with Crippen LogP contribution in [0.1, 0.15) is 83.9 Å². The summed E-state index contributed by atoms with van der Waals surface area (Å²) in [5.74, 6) is 7.68. The lowest BCUT2D eigenvalue weighted by atomic mass is 10.0. The van der Waals surface area contributed by atoms with Gasteiger partial charge in [0.15, 0.2) is 0 Å². The molecule has 2 saturated heterocycles. The summed E-state index contributed by atoms with van der Waals surface area (Å²) >= 11 is 0. The number of carbonyl (C=O) groups excluding carboxylic acids is 3. The topological polar surface area (TPSA) is 140 Å². The summed E-state index contributed by atoms with van der Waals surface area (Å²) < 4.78 is 4.81. The average Bonchev–Trinajstić information content (AvgIpc) is 4.04. The van der Waals surface area contributed by atoms with Crippen molar-refractivity contribution in [3.63, 3.8) is 0 Å². The van der Waals surface area contributed by atoms with E-state index in [0.717, 1.165) is 53.9 Å². The average molecular weight is 725 g/mol. The van der Waals surface area contributed by atoms with Crippen molar-refractivity contribution in [2.24, 2.45) is 0 Å². The second-order valence-corrected chi connectivity index (χ2v) is 13.8. The molecule has 7 rings (SSSR count). The molecule has 2 aliphatic rings. The highest BCUT2D eigenvalue weighted by Crippen LogP contribution is 2.36. The van der Waals surface area contributed by atoms with E-state index in [0.29, 0.717) is 30.2 Å². The van der Waals surface area contributed by atoms with Gasteiger partial charge in [0.25, 0.3) is 5.91 Å². The molecule has 3 amide bonds. The number of nitrogens with zero attached hydrogens (tertiary/aromatic N) is 5. The van der Waals surface area contributed by atoms with E-state index in [9.17, 15) is 14.4 Å². The smallest absolute Gasteiger partial charge is 0.407 e. The van der Waals surface area contributed by atoms with Crippen molar-refractivity contribution in [2.45, 2.75) is 49.9 Å². The van der Waals surface area contributed by atoms with Crippen LogP contribution in [0.3, 0.4) is 0 Å². The number of imidazole rings is 2. The normalized spacial score (nSPS) is 17.9. The van der Waals surface area contributed by atoms with E-state index < -0.39 is 12.1 Å². The summed E-state index contributed by atoms with van der Waals surface area (Å²) in [7, 11) is 5.16. The largest absolute Gasteiger partial charge is 0.453 e. The summed E-state index contributed by atoms with van der Waals surface area (Å²) in [6.07, 6.45) is 6.16. The number of methoxy groups -OCH3 is 1. The second-order valence-electron chi connectivity index (χ2n) is 13.8. The van der Waals surface area contributed by atoms with Gasteiger partial charge >= 0.3 is 6.09 Å². The molecule has 4 atom stereocenters. The van der Waals surface area contributed by atoms with Gasteiger partial charge in [0.2, 0.25) is 5.91 Å². The van der Waals surface area contributed by atoms with Crippen LogP contribution in [0.5, 0.6) is 0 Å². The van der Waals surface area contributed by atoms with E-state index in [1.807, 2.05) is 115 Å². The van der Waals surface area contributed by atoms with Crippen molar-refractivity contribution in [3.05, 3.63) is 131 Å². The Kier molecular flexibility index (Phi) is 10.9. The first-order valence-electron chi connectivity index (χ1n) is 18.2. The summed E-state index contributed by atoms with van der Waals surface area (Å²) in [5, 5.41) is 2.69. The van der Waals surface area contributed by atoms with Gasteiger partial charge in [0, 0.05) is 18.7 Å². The van der Waals surface area contributed by atoms with Crippen molar-refractivity contribution >= 4 is 17.9 Å². The molecule has 0 aliphatic carbocycles. The number of rotatable bonds is 9. The molecule has 4 heterocycles. The number of ether oxygens (including phenoxy) is 1. The summed E-state index contributed by atoms with van der Waals surface area (Å²) in [6, 6.07) is 25.3. The van der Waals surface area contributed by atoms with Gasteiger partial charge in [0.05, 0.1) is 37.3 Å². The standard InChI is InChI=1S/C42H44N8O4/c1-48(2)37(31-14-8-5-9-15-31)41(52)50-25-11-17-35(50)39-44-27-33(46-39)29-21-18-28(19-22-29)20-23-32-26-43-38(45-32)34-16-10-24-49(34)40(51)36(47-42(53)54-3)30-12-6-4-7-13-30/h4-9,12-15,18-19,21-22,26-27,34-37H,10-11,16-17,24-25H2,1-3H3,(H,43,45)(H,44,46)(H,47,53)/t34-,35-,36+,37+/m0/s1. The van der Waals surface area contributed by atoms with Crippen molar-refractivity contribution in [1.82, 2.24) is 40.0 Å². The van der Waals surface area contributed by atoms with Crippen molar-refractivity contribution in [3.8, 4) is 23.1 Å². The van der Waals surface area contributed by atoms with Gasteiger partial charge in [-0.15, -0.1) is 0 Å². The molecular formula is C42H44N8O4. The molecule has 0 saturated carbocycles. The number of hydrogen-bond donors (Lipinski definition) is 3. The number of nitrogens with one attached hydrogen (secondary N) is 3. The Bertz CT molecular complexity index is 2130. The molecule has 3 aromatic carbocycles. The number of amides is 3. The van der Waals surface area contributed by atoms with Crippen LogP contribution in [0.25, 0.3) is 11.3 Å². The minimum Gasteiger partial charge on any atom is -0.453 e. The number of H-pyrrole nitrogens is 2. The third kappa shape index (κ3) is 7.77. The van der Waals surface area contributed by atoms with Crippen LogP contribution in [0.15, 0.2) is 97.3 Å². The third-order valence-corrected chi connectivity index (χ3v) is 10.1. The molecule has 12 nitrogen and oxygen atoms in total. The van der Waals surface area contributed by atoms with Crippen molar-refractivity contribution in [1.29, 1.82) is 0 Å². The summed E-state index contributed by atoms with van der Waals surface area (Å²) in [5.41, 5.74) is 4.96. The monoisotopic (exact) mass is 724 g/mol. The number of likely N-dealkylation sites (tertiary alicyclic amines) is 2. The lowest BCUT2D eigenvalue weighted by molar-refractivity contribution is -0.137. The fourth-order valence-electron chi connectivity index (χ4n) is 7.45. The Balaban J connectivity index is 1.01. The molecule has 0 unspecified atom stereocenters. The number of benzene rings is 3. The Morgan fingerprint density at radius 3 is 2.00 bits per heavy atom. The van der Waals surface area contributed by atoms with Gasteiger partial charge in [-0.1, -0.05) is 78.7 Å². The van der Waals surface area contributed by atoms with Crippen LogP contribution in [-0.4, -0.2) is 86.8 Å². The van der Waals surface area contributed by atoms with Gasteiger partial charge in [-0.3, -0.25) is 14.5 Å². The number of carbonyl (C=O) groups is 3. The molecule has 0 radical (unpaired) electrons. The van der Waals surface area contributed by atoms with Crippen molar-refractivity contribution in [2.75, 3.05) is 34.3 Å². The van der Waals surface area contributed by atoms with E-state index in [4.69, 9.17) is 9.72 Å². The number of aromatic nitrogens is 4. The Morgan fingerprint density at radius 2 is 1.37 bits per heavy atom. The molecule has 2 aliphatic heterocycles. The number of hydrogen-bond acceptors (Lipinski definition) is 7. The lowest BCUT2D eigenvalue weighted by Gasteiger charge is -2.31. The fourth-order valence-corrected chi connectivity index (χ4v) is 7.45. The molecule has 5 aromatic rings. The van der Waals surface area contributed by atoms with Crippen LogP contribution in [0, 0.1) is 11.8 Å². The zero-order valence-corrected chi connectivity index (χ0v) is 30.7. The highest BCUT2D eigenvalue weighted by atomic mass is 16.5. The zero-order chi connectivity index (χ0) is 37.6. The van der Waals surface area contributed by atoms with Crippen LogP contribution < -0.4 is 5.32 Å². The van der Waals surface area contributed by atoms with Crippen LogP contribution in [0.4, 0.5) is 4.79 Å². The highest BCUT2D eigenvalue weighted by molar-refractivity contribution is 5.87. The molecule has 54 heavy (non-hydrogen) atoms. The van der Waals surface area contributed by atoms with Gasteiger partial charge in [-0.2, -0.15) is 0 Å². The predicted molar refractivity (Wildman–Crippen MR) is 204 cm³/mol. The Morgan fingerprint density at radius 1 is 0.778 bits per heavy atom. The minimum atomic E-state index is -0.882. The van der Waals surface area contributed by atoms with Crippen LogP contribution in [-0.2, 0) is 14.3 Å². The van der Waals surface area contributed by atoms with Gasteiger partial charge in [0.1, 0.15) is 29.4 Å². The van der Waals surface area contributed by atoms with E-state index in [1.54, 1.807) is 11.1 Å². The molecule has 2 fully saturated rings. The highest BCUT2D eigenvalue weighted by Gasteiger charge is 2.38. The Hall–Kier alpha value is -6.19. The minimum absolute atomic E-state index is 0.0812. The SMILES string of the molecule is COC(=O)N[C@@H](C(=O)N1CCC[C@H]1c1ncc(C#Cc2ccc(-c3cnc([C@@H]4CCCN4C(=O)[C@@H](c4ccccc4)N(C)C)[nH]3)cc2)[nH]1)c1ccccc1. The maximum absolute atomic E-state index is 13.9. The molecular weight excluding hydrogens is 681 g/mol. The fraction of sp³-hybridized carbons (Fsp3) is 0.310. The maximum atomic E-state index is 13.9. The van der Waals surface area contributed by atoms with E-state index >= 15 is 0 Å². The molecule has 3 N–H and O–H groups in total. The Labute approximate surface area is 315 Å². The van der Waals surface area contributed by atoms with E-state index in [2.05, 4.69) is 32.1 Å². The third-order valence-electron chi connectivity index (χ3n) is 10.1. The second kappa shape index (κ2) is 16.2. The van der Waals surface area contributed by atoms with Crippen molar-refractivity contribution < 1.29 is 19.1 Å². The summed E-state index contributed by atoms with van der Waals surface area (Å²) in [4.78, 5) is 61.6. The number of likely N-dealkylation sites (N-methyl/N-ethyl adjacent to an activating group) is 1. The van der Waals surface area contributed by atoms with E-state index in [1.165, 1.54) is 7.11 Å². The number of alkyl carbamates (subject to hydrolysis) is 1. The lowest BCUT2D eigenvalue weighted by Crippen LogP contribution is -2.42. The summed E-state index contributed by atoms with van der Waals surface area (Å²) in [6.45, 7) is 1.24. The van der Waals surface area contributed by atoms with Gasteiger partial charge < -0.3 is 29.8 Å². The number of aromatic amines is 2. The van der Waals surface area contributed by atoms with Crippen LogP contribution >= 0.6 is 0 Å². The van der Waals surface area contributed by atoms with Gasteiger partial charge in [-0.05, 0) is 74.5 Å². The molecule has 2 aromatic heterocycles. The van der Waals surface area contributed by atoms with Gasteiger partial charge in [-0.25, -0.2) is 14.8 Å². The quantitative estimate of drug-likeness (QED) is 0.160. The molecule has 0 bridgehead atoms. The zero-order valence-electron chi connectivity index (χ0n) is 30.7. The molecule has 0 spiro atoms. The molecule has 276 valence electrons. The first-order chi connectivity index (χ1) is 26.3. The van der Waals surface area contributed by atoms with Crippen LogP contribution in [0.2, 0.25) is 0 Å². The predicted octanol–water partition coefficient (Wildman–Crippen LogP) is 5.93. The molecule has 12 heteroatoms. The first kappa shape index (κ1) is 36.2. The first-order valence-corrected chi connectivity index (χ1v) is 18.2.